The van der Waals surface area contributed by atoms with Gasteiger partial charge in [0.1, 0.15) is 23.0 Å². The number of amides is 1. The number of nitrogens with two attached hydrogens (primary N) is 1. The predicted molar refractivity (Wildman–Crippen MR) is 117 cm³/mol. The Labute approximate surface area is 185 Å². The summed E-state index contributed by atoms with van der Waals surface area (Å²) in [5.74, 6) is -0.393. The maximum atomic E-state index is 12.5. The van der Waals surface area contributed by atoms with Crippen LogP contribution in [0.3, 0.4) is 0 Å². The van der Waals surface area contributed by atoms with Crippen LogP contribution in [0.5, 0.6) is 23.0 Å². The van der Waals surface area contributed by atoms with E-state index in [9.17, 15) is 19.8 Å². The Hall–Kier alpha value is -3.76. The predicted octanol–water partition coefficient (Wildman–Crippen LogP) is 1.60. The Kier molecular flexibility index (Phi) is 8.05. The fourth-order valence-corrected chi connectivity index (χ4v) is 2.94. The van der Waals surface area contributed by atoms with E-state index in [1.165, 1.54) is 58.8 Å². The molecule has 1 atom stereocenters. The van der Waals surface area contributed by atoms with E-state index in [4.69, 9.17) is 24.7 Å². The molecule has 0 saturated heterocycles. The van der Waals surface area contributed by atoms with Gasteiger partial charge in [0.15, 0.2) is 5.54 Å². The lowest BCUT2D eigenvalue weighted by Crippen LogP contribution is -2.48. The van der Waals surface area contributed by atoms with Crippen molar-refractivity contribution in [1.82, 2.24) is 0 Å². The normalized spacial score (nSPS) is 12.7. The molecule has 0 saturated carbocycles. The van der Waals surface area contributed by atoms with Crippen molar-refractivity contribution < 1.29 is 38.7 Å². The Balaban J connectivity index is 2.34. The second kappa shape index (κ2) is 10.5. The van der Waals surface area contributed by atoms with Crippen molar-refractivity contribution in [3.8, 4) is 23.0 Å². The molecule has 0 heterocycles. The molecule has 0 aliphatic rings. The van der Waals surface area contributed by atoms with Gasteiger partial charge in [-0.15, -0.1) is 0 Å². The molecule has 2 aromatic carbocycles. The number of rotatable bonds is 10. The average Bonchev–Trinajstić information content (AvgIpc) is 2.81. The number of benzene rings is 2. The van der Waals surface area contributed by atoms with E-state index in [1.807, 2.05) is 0 Å². The summed E-state index contributed by atoms with van der Waals surface area (Å²) in [7, 11) is 5.81. The number of carboxylic acid groups (broad SMARTS) is 1. The van der Waals surface area contributed by atoms with Crippen molar-refractivity contribution in [1.29, 1.82) is 0 Å². The van der Waals surface area contributed by atoms with Gasteiger partial charge in [0.25, 0.3) is 0 Å². The summed E-state index contributed by atoms with van der Waals surface area (Å²) < 4.78 is 21.0. The summed E-state index contributed by atoms with van der Waals surface area (Å²) in [6, 6.07) is 7.60. The van der Waals surface area contributed by atoms with Gasteiger partial charge in [0, 0.05) is 29.5 Å². The molecule has 0 aliphatic carbocycles. The van der Waals surface area contributed by atoms with E-state index in [0.717, 1.165) is 0 Å². The van der Waals surface area contributed by atoms with Gasteiger partial charge in [-0.25, -0.2) is 4.79 Å². The van der Waals surface area contributed by atoms with Crippen LogP contribution < -0.4 is 30.0 Å². The molecule has 0 radical (unpaired) electrons. The quantitative estimate of drug-likeness (QED) is 0.399. The number of hydrogen-bond acceptors (Lipinski definition) is 8. The minimum atomic E-state index is -2.11. The van der Waals surface area contributed by atoms with Crippen molar-refractivity contribution in [3.05, 3.63) is 47.5 Å². The fourth-order valence-electron chi connectivity index (χ4n) is 2.94. The minimum absolute atomic E-state index is 0.00951. The van der Waals surface area contributed by atoms with Gasteiger partial charge < -0.3 is 40.2 Å². The van der Waals surface area contributed by atoms with E-state index in [1.54, 1.807) is 12.1 Å². The number of hydrogen-bond donors (Lipinski definition) is 4. The van der Waals surface area contributed by atoms with Gasteiger partial charge in [0.05, 0.1) is 40.6 Å². The van der Waals surface area contributed by atoms with Crippen LogP contribution in [0.25, 0.3) is 6.08 Å². The standard InChI is InChI=1S/C22H26N2O8/c1-29-14-10-18(31-3)15(19(11-14)32-4)6-8-20(26)24-13-5-7-17(30-2)16(9-13)22(23,12-25)21(27)28/h5-11,25H,12,23H2,1-4H3,(H,24,26)(H,27,28)/b8-6+/t22-/m0/s1. The number of carbonyl (C=O) groups is 2. The van der Waals surface area contributed by atoms with Crippen molar-refractivity contribution in [2.45, 2.75) is 5.54 Å². The van der Waals surface area contributed by atoms with Gasteiger partial charge in [0.2, 0.25) is 5.91 Å². The molecule has 5 N–H and O–H groups in total. The number of ether oxygens (including phenoxy) is 4. The highest BCUT2D eigenvalue weighted by Crippen LogP contribution is 2.35. The maximum absolute atomic E-state index is 12.5. The summed E-state index contributed by atoms with van der Waals surface area (Å²) in [6.45, 7) is -0.868. The molecule has 32 heavy (non-hydrogen) atoms. The molecule has 2 aromatic rings. The third-order valence-electron chi connectivity index (χ3n) is 4.73. The SMILES string of the molecule is COc1cc(OC)c(/C=C/C(=O)Nc2ccc(OC)c([C@@](N)(CO)C(=O)O)c2)c(OC)c1. The van der Waals surface area contributed by atoms with Gasteiger partial charge in [-0.2, -0.15) is 0 Å². The first-order valence-electron chi connectivity index (χ1n) is 9.34. The van der Waals surface area contributed by atoms with Crippen LogP contribution in [-0.2, 0) is 15.1 Å². The van der Waals surface area contributed by atoms with Crippen LogP contribution in [0.4, 0.5) is 5.69 Å². The zero-order valence-corrected chi connectivity index (χ0v) is 18.2. The Morgan fingerprint density at radius 3 is 2.06 bits per heavy atom. The maximum Gasteiger partial charge on any atom is 0.330 e. The topological polar surface area (TPSA) is 150 Å². The Morgan fingerprint density at radius 2 is 1.59 bits per heavy atom. The fraction of sp³-hybridized carbons (Fsp3) is 0.273. The third-order valence-corrected chi connectivity index (χ3v) is 4.73. The smallest absolute Gasteiger partial charge is 0.330 e. The Bertz CT molecular complexity index is 996. The average molecular weight is 446 g/mol. The molecule has 2 rings (SSSR count). The number of anilines is 1. The van der Waals surface area contributed by atoms with Crippen LogP contribution >= 0.6 is 0 Å². The second-order valence-electron chi connectivity index (χ2n) is 6.62. The molecule has 0 fully saturated rings. The van der Waals surface area contributed by atoms with E-state index in [0.29, 0.717) is 22.8 Å². The van der Waals surface area contributed by atoms with Crippen LogP contribution in [0.15, 0.2) is 36.4 Å². The monoisotopic (exact) mass is 446 g/mol. The molecule has 0 bridgehead atoms. The van der Waals surface area contributed by atoms with Crippen molar-refractivity contribution >= 4 is 23.6 Å². The first-order valence-corrected chi connectivity index (χ1v) is 9.34. The van der Waals surface area contributed by atoms with E-state index < -0.39 is 24.0 Å². The summed E-state index contributed by atoms with van der Waals surface area (Å²) in [6.07, 6.45) is 2.77. The van der Waals surface area contributed by atoms with Crippen LogP contribution in [0, 0.1) is 0 Å². The van der Waals surface area contributed by atoms with E-state index in [2.05, 4.69) is 5.32 Å². The molecule has 172 valence electrons. The molecule has 0 aliphatic heterocycles. The molecule has 0 spiro atoms. The van der Waals surface area contributed by atoms with Crippen molar-refractivity contribution in [2.24, 2.45) is 5.73 Å². The molecule has 0 unspecified atom stereocenters. The first-order chi connectivity index (χ1) is 15.2. The highest BCUT2D eigenvalue weighted by molar-refractivity contribution is 6.02. The number of carboxylic acids is 1. The molecule has 10 nitrogen and oxygen atoms in total. The number of aliphatic carboxylic acids is 1. The highest BCUT2D eigenvalue weighted by Gasteiger charge is 2.38. The van der Waals surface area contributed by atoms with Crippen molar-refractivity contribution in [2.75, 3.05) is 40.4 Å². The lowest BCUT2D eigenvalue weighted by Gasteiger charge is -2.25. The van der Waals surface area contributed by atoms with Crippen molar-refractivity contribution in [3.63, 3.8) is 0 Å². The minimum Gasteiger partial charge on any atom is -0.496 e. The third kappa shape index (κ3) is 5.10. The molecule has 1 amide bonds. The summed E-state index contributed by atoms with van der Waals surface area (Å²) in [5, 5.41) is 21.6. The summed E-state index contributed by atoms with van der Waals surface area (Å²) >= 11 is 0. The number of aliphatic hydroxyl groups excluding tert-OH is 1. The zero-order valence-electron chi connectivity index (χ0n) is 18.2. The second-order valence-corrected chi connectivity index (χ2v) is 6.62. The first kappa shape index (κ1) is 24.5. The van der Waals surface area contributed by atoms with Crippen LogP contribution in [-0.4, -0.2) is 57.1 Å². The van der Waals surface area contributed by atoms with Gasteiger partial charge in [-0.1, -0.05) is 0 Å². The van der Waals surface area contributed by atoms with E-state index >= 15 is 0 Å². The largest absolute Gasteiger partial charge is 0.496 e. The highest BCUT2D eigenvalue weighted by atomic mass is 16.5. The van der Waals surface area contributed by atoms with E-state index in [-0.39, 0.29) is 17.0 Å². The lowest BCUT2D eigenvalue weighted by atomic mass is 9.90. The molecule has 0 aromatic heterocycles. The molecule has 10 heteroatoms. The van der Waals surface area contributed by atoms with Crippen LogP contribution in [0.2, 0.25) is 0 Å². The number of nitrogens with one attached hydrogen (secondary N) is 1. The molecular formula is C22H26N2O8. The van der Waals surface area contributed by atoms with Gasteiger partial charge in [-0.05, 0) is 24.3 Å². The number of methoxy groups -OCH3 is 4. The van der Waals surface area contributed by atoms with Crippen LogP contribution in [0.1, 0.15) is 11.1 Å². The zero-order chi connectivity index (χ0) is 23.9. The molecular weight excluding hydrogens is 420 g/mol. The summed E-state index contributed by atoms with van der Waals surface area (Å²) in [4.78, 5) is 24.1. The summed E-state index contributed by atoms with van der Waals surface area (Å²) in [5.41, 5.74) is 4.55. The number of aliphatic hydroxyl groups is 1. The Morgan fingerprint density at radius 1 is 1.00 bits per heavy atom. The van der Waals surface area contributed by atoms with Gasteiger partial charge in [-0.3, -0.25) is 4.79 Å². The lowest BCUT2D eigenvalue weighted by molar-refractivity contribution is -0.145. The van der Waals surface area contributed by atoms with Gasteiger partial charge >= 0.3 is 5.97 Å². The number of carbonyl (C=O) groups excluding carboxylic acids is 1.